The van der Waals surface area contributed by atoms with Gasteiger partial charge in [-0.1, -0.05) is 6.07 Å². The standard InChI is InChI=1S/C20H22N4O2/c1-25-15-4-2-3-14(9-15)24-7-5-18-17(11-24)19(13-6-8-26-12-13)16(10-21)20(22)23-18/h2-4,9,13H,5-8,11-12H2,1H3,(H2,22,23)/t13-/m1/s1. The average Bonchev–Trinajstić information content (AvgIpc) is 3.21. The molecule has 3 heterocycles. The van der Waals surface area contributed by atoms with Gasteiger partial charge in [-0.15, -0.1) is 0 Å². The monoisotopic (exact) mass is 350 g/mol. The summed E-state index contributed by atoms with van der Waals surface area (Å²) in [4.78, 5) is 6.85. The topological polar surface area (TPSA) is 84.4 Å². The number of benzene rings is 1. The lowest BCUT2D eigenvalue weighted by Gasteiger charge is -2.33. The fraction of sp³-hybridized carbons (Fsp3) is 0.400. The molecule has 0 unspecified atom stereocenters. The quantitative estimate of drug-likeness (QED) is 0.916. The maximum Gasteiger partial charge on any atom is 0.141 e. The molecule has 6 heteroatoms. The Bertz CT molecular complexity index is 869. The summed E-state index contributed by atoms with van der Waals surface area (Å²) in [6.07, 6.45) is 1.73. The van der Waals surface area contributed by atoms with Gasteiger partial charge in [-0.2, -0.15) is 5.26 Å². The van der Waals surface area contributed by atoms with Crippen molar-refractivity contribution in [2.75, 3.05) is 37.5 Å². The number of ether oxygens (including phenoxy) is 2. The number of nitrogens with zero attached hydrogens (tertiary/aromatic N) is 3. The SMILES string of the molecule is COc1cccc(N2CCc3nc(N)c(C#N)c([C@@H]4CCOC4)c3C2)c1. The van der Waals surface area contributed by atoms with Crippen LogP contribution in [0.4, 0.5) is 11.5 Å². The molecule has 1 fully saturated rings. The summed E-state index contributed by atoms with van der Waals surface area (Å²) in [5.41, 5.74) is 10.9. The molecule has 134 valence electrons. The van der Waals surface area contributed by atoms with Crippen LogP contribution in [0.1, 0.15) is 34.7 Å². The predicted octanol–water partition coefficient (Wildman–Crippen LogP) is 2.61. The smallest absolute Gasteiger partial charge is 0.141 e. The van der Waals surface area contributed by atoms with Crippen LogP contribution in [0.15, 0.2) is 24.3 Å². The zero-order valence-electron chi connectivity index (χ0n) is 14.9. The van der Waals surface area contributed by atoms with E-state index in [9.17, 15) is 5.26 Å². The Balaban J connectivity index is 1.76. The van der Waals surface area contributed by atoms with Crippen LogP contribution in [-0.2, 0) is 17.7 Å². The summed E-state index contributed by atoms with van der Waals surface area (Å²) in [6, 6.07) is 10.3. The third kappa shape index (κ3) is 2.85. The molecule has 0 bridgehead atoms. The van der Waals surface area contributed by atoms with E-state index >= 15 is 0 Å². The summed E-state index contributed by atoms with van der Waals surface area (Å²) >= 11 is 0. The molecular formula is C20H22N4O2. The van der Waals surface area contributed by atoms with Gasteiger partial charge < -0.3 is 20.1 Å². The zero-order chi connectivity index (χ0) is 18.1. The molecule has 2 aromatic rings. The van der Waals surface area contributed by atoms with Gasteiger partial charge in [0.1, 0.15) is 17.6 Å². The van der Waals surface area contributed by atoms with Crippen molar-refractivity contribution in [3.63, 3.8) is 0 Å². The highest BCUT2D eigenvalue weighted by Crippen LogP contribution is 2.37. The molecule has 0 radical (unpaired) electrons. The first-order valence-corrected chi connectivity index (χ1v) is 8.89. The van der Waals surface area contributed by atoms with Crippen LogP contribution >= 0.6 is 0 Å². The Kier molecular flexibility index (Phi) is 4.39. The molecular weight excluding hydrogens is 328 g/mol. The molecule has 26 heavy (non-hydrogen) atoms. The van der Waals surface area contributed by atoms with E-state index in [-0.39, 0.29) is 5.92 Å². The van der Waals surface area contributed by atoms with E-state index < -0.39 is 0 Å². The fourth-order valence-corrected chi connectivity index (χ4v) is 3.96. The van der Waals surface area contributed by atoms with Crippen molar-refractivity contribution >= 4 is 11.5 Å². The third-order valence-corrected chi connectivity index (χ3v) is 5.29. The van der Waals surface area contributed by atoms with Gasteiger partial charge in [0.05, 0.1) is 19.3 Å². The second-order valence-corrected chi connectivity index (χ2v) is 6.76. The molecule has 1 atom stereocenters. The molecule has 1 aromatic carbocycles. The Hall–Kier alpha value is -2.78. The molecule has 2 aliphatic heterocycles. The Morgan fingerprint density at radius 1 is 1.42 bits per heavy atom. The lowest BCUT2D eigenvalue weighted by molar-refractivity contribution is 0.193. The number of nitriles is 1. The highest BCUT2D eigenvalue weighted by atomic mass is 16.5. The number of rotatable bonds is 3. The van der Waals surface area contributed by atoms with Gasteiger partial charge in [-0.25, -0.2) is 4.98 Å². The first kappa shape index (κ1) is 16.7. The first-order valence-electron chi connectivity index (χ1n) is 8.89. The second-order valence-electron chi connectivity index (χ2n) is 6.76. The highest BCUT2D eigenvalue weighted by Gasteiger charge is 2.30. The van der Waals surface area contributed by atoms with Crippen LogP contribution in [-0.4, -0.2) is 31.9 Å². The minimum Gasteiger partial charge on any atom is -0.497 e. The van der Waals surface area contributed by atoms with Crippen molar-refractivity contribution in [3.8, 4) is 11.8 Å². The van der Waals surface area contributed by atoms with Gasteiger partial charge in [0, 0.05) is 49.5 Å². The third-order valence-electron chi connectivity index (χ3n) is 5.29. The summed E-state index contributed by atoms with van der Waals surface area (Å²) < 4.78 is 10.9. The van der Waals surface area contributed by atoms with E-state index in [0.717, 1.165) is 60.8 Å². The van der Waals surface area contributed by atoms with E-state index in [4.69, 9.17) is 15.2 Å². The van der Waals surface area contributed by atoms with Crippen LogP contribution < -0.4 is 15.4 Å². The van der Waals surface area contributed by atoms with Crippen molar-refractivity contribution in [2.24, 2.45) is 0 Å². The van der Waals surface area contributed by atoms with Crippen molar-refractivity contribution in [3.05, 3.63) is 46.6 Å². The molecule has 0 aliphatic carbocycles. The van der Waals surface area contributed by atoms with E-state index in [2.05, 4.69) is 22.0 Å². The maximum absolute atomic E-state index is 9.67. The Morgan fingerprint density at radius 3 is 3.04 bits per heavy atom. The normalized spacial score (nSPS) is 19.1. The summed E-state index contributed by atoms with van der Waals surface area (Å²) in [7, 11) is 1.68. The van der Waals surface area contributed by atoms with E-state index in [1.807, 2.05) is 18.2 Å². The van der Waals surface area contributed by atoms with Crippen molar-refractivity contribution in [2.45, 2.75) is 25.3 Å². The molecule has 2 aliphatic rings. The molecule has 1 aromatic heterocycles. The fourth-order valence-electron chi connectivity index (χ4n) is 3.96. The van der Waals surface area contributed by atoms with E-state index in [1.54, 1.807) is 7.11 Å². The number of methoxy groups -OCH3 is 1. The van der Waals surface area contributed by atoms with E-state index in [1.165, 1.54) is 0 Å². The van der Waals surface area contributed by atoms with Gasteiger partial charge in [-0.3, -0.25) is 0 Å². The zero-order valence-corrected chi connectivity index (χ0v) is 14.9. The molecule has 0 amide bonds. The average molecular weight is 350 g/mol. The van der Waals surface area contributed by atoms with Crippen LogP contribution in [0.25, 0.3) is 0 Å². The van der Waals surface area contributed by atoms with Crippen LogP contribution in [0.2, 0.25) is 0 Å². The number of nitrogens with two attached hydrogens (primary N) is 1. The summed E-state index contributed by atoms with van der Waals surface area (Å²) in [5, 5.41) is 9.67. The number of nitrogen functional groups attached to an aromatic ring is 1. The van der Waals surface area contributed by atoms with Crippen LogP contribution in [0.5, 0.6) is 5.75 Å². The van der Waals surface area contributed by atoms with Crippen LogP contribution in [0.3, 0.4) is 0 Å². The van der Waals surface area contributed by atoms with Gasteiger partial charge in [0.25, 0.3) is 0 Å². The lowest BCUT2D eigenvalue weighted by Crippen LogP contribution is -2.33. The minimum absolute atomic E-state index is 0.217. The van der Waals surface area contributed by atoms with Gasteiger partial charge in [0.2, 0.25) is 0 Å². The van der Waals surface area contributed by atoms with Crippen molar-refractivity contribution in [1.29, 1.82) is 5.26 Å². The number of hydrogen-bond acceptors (Lipinski definition) is 6. The Labute approximate surface area is 153 Å². The lowest BCUT2D eigenvalue weighted by atomic mass is 9.86. The van der Waals surface area contributed by atoms with Gasteiger partial charge in [-0.05, 0) is 29.7 Å². The maximum atomic E-state index is 9.67. The second kappa shape index (κ2) is 6.85. The largest absolute Gasteiger partial charge is 0.497 e. The molecule has 2 N–H and O–H groups in total. The molecule has 0 saturated carbocycles. The number of hydrogen-bond donors (Lipinski definition) is 1. The van der Waals surface area contributed by atoms with Gasteiger partial charge in [0.15, 0.2) is 0 Å². The van der Waals surface area contributed by atoms with E-state index in [0.29, 0.717) is 18.0 Å². The molecule has 4 rings (SSSR count). The summed E-state index contributed by atoms with van der Waals surface area (Å²) in [5.74, 6) is 1.41. The molecule has 6 nitrogen and oxygen atoms in total. The highest BCUT2D eigenvalue weighted by molar-refractivity contribution is 5.61. The van der Waals surface area contributed by atoms with Crippen LogP contribution in [0, 0.1) is 11.3 Å². The van der Waals surface area contributed by atoms with Crippen molar-refractivity contribution < 1.29 is 9.47 Å². The molecule has 1 saturated heterocycles. The summed E-state index contributed by atoms with van der Waals surface area (Å²) in [6.45, 7) is 2.95. The Morgan fingerprint density at radius 2 is 2.31 bits per heavy atom. The number of pyridine rings is 1. The first-order chi connectivity index (χ1) is 12.7. The van der Waals surface area contributed by atoms with Crippen molar-refractivity contribution in [1.82, 2.24) is 4.98 Å². The number of aromatic nitrogens is 1. The minimum atomic E-state index is 0.217. The van der Waals surface area contributed by atoms with Gasteiger partial charge >= 0.3 is 0 Å². The predicted molar refractivity (Wildman–Crippen MR) is 99.3 cm³/mol. The number of fused-ring (bicyclic) bond motifs is 1. The number of anilines is 2. The molecule has 0 spiro atoms.